The second-order valence-corrected chi connectivity index (χ2v) is 10.6. The fourth-order valence-corrected chi connectivity index (χ4v) is 5.41. The van der Waals surface area contributed by atoms with Crippen LogP contribution >= 0.6 is 0 Å². The van der Waals surface area contributed by atoms with Gasteiger partial charge in [-0.15, -0.1) is 0 Å². The summed E-state index contributed by atoms with van der Waals surface area (Å²) < 4.78 is 58.3. The van der Waals surface area contributed by atoms with Crippen LogP contribution in [0.3, 0.4) is 0 Å². The van der Waals surface area contributed by atoms with E-state index in [1.165, 1.54) is 17.0 Å². The summed E-state index contributed by atoms with van der Waals surface area (Å²) in [5.74, 6) is -1.75. The van der Waals surface area contributed by atoms with E-state index in [1.807, 2.05) is 26.0 Å². The minimum Gasteiger partial charge on any atom is -0.493 e. The number of carboxylic acid groups (broad SMARTS) is 2. The summed E-state index contributed by atoms with van der Waals surface area (Å²) in [5, 5.41) is 16.6. The van der Waals surface area contributed by atoms with Gasteiger partial charge in [0.2, 0.25) is 5.91 Å². The highest BCUT2D eigenvalue weighted by atomic mass is 19.4. The van der Waals surface area contributed by atoms with Crippen molar-refractivity contribution < 1.29 is 51.6 Å². The predicted octanol–water partition coefficient (Wildman–Crippen LogP) is 5.21. The van der Waals surface area contributed by atoms with Crippen LogP contribution in [0.1, 0.15) is 45.1 Å². The number of ether oxygens (including phenoxy) is 2. The van der Waals surface area contributed by atoms with E-state index < -0.39 is 24.5 Å². The fraction of sp³-hybridized carbons (Fsp3) is 0.500. The maximum absolute atomic E-state index is 13.5. The Hall–Kier alpha value is -3.87. The third-order valence-corrected chi connectivity index (χ3v) is 7.26. The van der Waals surface area contributed by atoms with Gasteiger partial charge in [0.1, 0.15) is 30.3 Å². The number of amides is 1. The van der Waals surface area contributed by atoms with Gasteiger partial charge in [0.25, 0.3) is 0 Å². The van der Waals surface area contributed by atoms with E-state index in [2.05, 4.69) is 4.90 Å². The topological polar surface area (TPSA) is 117 Å². The summed E-state index contributed by atoms with van der Waals surface area (Å²) >= 11 is 0. The summed E-state index contributed by atoms with van der Waals surface area (Å²) in [5.41, 5.74) is 2.59. The van der Waals surface area contributed by atoms with Crippen molar-refractivity contribution in [1.29, 1.82) is 0 Å². The van der Waals surface area contributed by atoms with Gasteiger partial charge >= 0.3 is 18.1 Å². The minimum atomic E-state index is -4.58. The Morgan fingerprint density at radius 1 is 0.953 bits per heavy atom. The number of aliphatic carboxylic acids is 2. The van der Waals surface area contributed by atoms with E-state index >= 15 is 0 Å². The zero-order chi connectivity index (χ0) is 31.8. The highest BCUT2D eigenvalue weighted by Gasteiger charge is 2.45. The molecule has 2 aliphatic heterocycles. The molecular formula is C30H36F4N2O7. The molecule has 13 heteroatoms. The molecule has 0 aromatic heterocycles. The minimum absolute atomic E-state index is 0.0556. The normalized spacial score (nSPS) is 16.5. The number of carboxylic acids is 2. The average molecular weight is 613 g/mol. The van der Waals surface area contributed by atoms with Gasteiger partial charge in [-0.25, -0.2) is 4.39 Å². The van der Waals surface area contributed by atoms with Crippen LogP contribution in [0.25, 0.3) is 11.1 Å². The molecule has 0 saturated carbocycles. The molecule has 1 spiro atoms. The number of halogens is 4. The molecule has 0 radical (unpaired) electrons. The Labute approximate surface area is 247 Å². The number of carbonyl (C=O) groups is 3. The van der Waals surface area contributed by atoms with Crippen LogP contribution in [0.5, 0.6) is 11.5 Å². The lowest BCUT2D eigenvalue weighted by atomic mass is 9.77. The standard InChI is InChI=1S/C27H33FN2O5.C3H3F3O2/c1-3-34-22-13-19(14-23(35-4-2)26(22)20-5-7-21(28)8-6-20)16-29-11-9-27(10-12-29)15-24(31)30(18-27)17-25(32)33;4-3(5,6)1-2(7)8/h5-8,13-14H,3-4,9-12,15-18H2,1-2H3,(H,32,33);1H2,(H,7,8). The molecule has 2 N–H and O–H groups in total. The van der Waals surface area contributed by atoms with Crippen molar-refractivity contribution in [2.24, 2.45) is 5.41 Å². The van der Waals surface area contributed by atoms with Crippen molar-refractivity contribution in [2.45, 2.75) is 52.3 Å². The lowest BCUT2D eigenvalue weighted by molar-refractivity contribution is -0.166. The molecule has 4 rings (SSSR count). The molecule has 2 aromatic carbocycles. The summed E-state index contributed by atoms with van der Waals surface area (Å²) in [7, 11) is 0. The zero-order valence-electron chi connectivity index (χ0n) is 24.1. The Kier molecular flexibility index (Phi) is 11.4. The second-order valence-electron chi connectivity index (χ2n) is 10.6. The number of piperidine rings is 1. The third kappa shape index (κ3) is 9.84. The largest absolute Gasteiger partial charge is 0.493 e. The van der Waals surface area contributed by atoms with Gasteiger partial charge in [0.05, 0.1) is 18.8 Å². The Morgan fingerprint density at radius 3 is 1.95 bits per heavy atom. The van der Waals surface area contributed by atoms with E-state index in [0.717, 1.165) is 42.6 Å². The van der Waals surface area contributed by atoms with Crippen LogP contribution in [0.2, 0.25) is 0 Å². The van der Waals surface area contributed by atoms with Crippen molar-refractivity contribution in [3.05, 3.63) is 47.8 Å². The van der Waals surface area contributed by atoms with Crippen LogP contribution in [0, 0.1) is 11.2 Å². The molecule has 0 atom stereocenters. The maximum Gasteiger partial charge on any atom is 0.399 e. The molecule has 2 aromatic rings. The summed E-state index contributed by atoms with van der Waals surface area (Å²) in [6, 6.07) is 10.4. The maximum atomic E-state index is 13.5. The number of benzene rings is 2. The van der Waals surface area contributed by atoms with Gasteiger partial charge in [-0.1, -0.05) is 12.1 Å². The lowest BCUT2D eigenvalue weighted by Gasteiger charge is -2.38. The molecule has 0 aliphatic carbocycles. The van der Waals surface area contributed by atoms with E-state index in [4.69, 9.17) is 19.7 Å². The monoisotopic (exact) mass is 612 g/mol. The van der Waals surface area contributed by atoms with Gasteiger partial charge in [0, 0.05) is 19.5 Å². The number of hydrogen-bond donors (Lipinski definition) is 2. The van der Waals surface area contributed by atoms with Gasteiger partial charge < -0.3 is 24.6 Å². The third-order valence-electron chi connectivity index (χ3n) is 7.26. The zero-order valence-corrected chi connectivity index (χ0v) is 24.1. The highest BCUT2D eigenvalue weighted by molar-refractivity contribution is 5.84. The Bertz CT molecular complexity index is 1250. The quantitative estimate of drug-likeness (QED) is 0.352. The number of hydrogen-bond acceptors (Lipinski definition) is 6. The smallest absolute Gasteiger partial charge is 0.399 e. The van der Waals surface area contributed by atoms with Gasteiger partial charge in [0.15, 0.2) is 0 Å². The Balaban J connectivity index is 0.000000557. The number of alkyl halides is 3. The summed E-state index contributed by atoms with van der Waals surface area (Å²) in [6.45, 7) is 7.56. The second kappa shape index (κ2) is 14.5. The van der Waals surface area contributed by atoms with Crippen LogP contribution < -0.4 is 9.47 Å². The highest BCUT2D eigenvalue weighted by Crippen LogP contribution is 2.43. The summed E-state index contributed by atoms with van der Waals surface area (Å²) in [4.78, 5) is 36.5. The van der Waals surface area contributed by atoms with Crippen LogP contribution in [0.15, 0.2) is 36.4 Å². The van der Waals surface area contributed by atoms with Crippen LogP contribution in [-0.4, -0.2) is 83.4 Å². The molecular weight excluding hydrogens is 576 g/mol. The van der Waals surface area contributed by atoms with Crippen LogP contribution in [-0.2, 0) is 20.9 Å². The molecule has 0 bridgehead atoms. The SMILES string of the molecule is CCOc1cc(CN2CCC3(CC2)CC(=O)N(CC(=O)O)C3)cc(OCC)c1-c1ccc(F)cc1.O=C(O)CC(F)(F)F. The van der Waals surface area contributed by atoms with Crippen molar-refractivity contribution >= 4 is 17.8 Å². The van der Waals surface area contributed by atoms with Gasteiger partial charge in [-0.05, 0) is 80.6 Å². The Morgan fingerprint density at radius 2 is 1.51 bits per heavy atom. The number of likely N-dealkylation sites (tertiary alicyclic amines) is 2. The van der Waals surface area contributed by atoms with Crippen molar-refractivity contribution in [2.75, 3.05) is 39.4 Å². The fourth-order valence-electron chi connectivity index (χ4n) is 5.41. The molecule has 2 heterocycles. The molecule has 1 amide bonds. The number of nitrogens with zero attached hydrogens (tertiary/aromatic N) is 2. The summed E-state index contributed by atoms with van der Waals surface area (Å²) in [6.07, 6.45) is -4.18. The molecule has 9 nitrogen and oxygen atoms in total. The number of rotatable bonds is 10. The predicted molar refractivity (Wildman–Crippen MR) is 148 cm³/mol. The first-order valence-electron chi connectivity index (χ1n) is 13.9. The van der Waals surface area contributed by atoms with Gasteiger partial charge in [-0.2, -0.15) is 13.2 Å². The first-order valence-corrected chi connectivity index (χ1v) is 13.9. The van der Waals surface area contributed by atoms with Gasteiger partial charge in [-0.3, -0.25) is 19.3 Å². The van der Waals surface area contributed by atoms with Crippen molar-refractivity contribution in [3.8, 4) is 22.6 Å². The number of carbonyl (C=O) groups excluding carboxylic acids is 1. The van der Waals surface area contributed by atoms with E-state index in [-0.39, 0.29) is 23.7 Å². The average Bonchev–Trinajstić information content (AvgIpc) is 3.19. The van der Waals surface area contributed by atoms with Crippen molar-refractivity contribution in [3.63, 3.8) is 0 Å². The molecule has 2 aliphatic rings. The molecule has 2 saturated heterocycles. The van der Waals surface area contributed by atoms with Crippen molar-refractivity contribution in [1.82, 2.24) is 9.80 Å². The van der Waals surface area contributed by atoms with E-state index in [1.54, 1.807) is 12.1 Å². The molecule has 0 unspecified atom stereocenters. The molecule has 236 valence electrons. The van der Waals surface area contributed by atoms with E-state index in [0.29, 0.717) is 44.2 Å². The van der Waals surface area contributed by atoms with Crippen LogP contribution in [0.4, 0.5) is 17.6 Å². The molecule has 2 fully saturated rings. The first-order chi connectivity index (χ1) is 20.2. The molecule has 43 heavy (non-hydrogen) atoms. The first kappa shape index (κ1) is 33.6. The van der Waals surface area contributed by atoms with E-state index in [9.17, 15) is 31.9 Å². The lowest BCUT2D eigenvalue weighted by Crippen LogP contribution is -2.41.